The third-order valence-corrected chi connectivity index (χ3v) is 4.29. The summed E-state index contributed by atoms with van der Waals surface area (Å²) in [6.45, 7) is 6.58. The lowest BCUT2D eigenvalue weighted by Gasteiger charge is -2.19. The van der Waals surface area contributed by atoms with Crippen LogP contribution in [0.1, 0.15) is 53.6 Å². The molecule has 0 bridgehead atoms. The van der Waals surface area contributed by atoms with Gasteiger partial charge in [0.25, 0.3) is 0 Å². The Balaban J connectivity index is 2.22. The van der Waals surface area contributed by atoms with Crippen molar-refractivity contribution < 1.29 is 0 Å². The molecule has 0 aromatic heterocycles. The highest BCUT2D eigenvalue weighted by molar-refractivity contribution is 5.38. The molecular weight excluding hydrogens is 254 g/mol. The maximum Gasteiger partial charge on any atom is 0.0574 e. The highest BCUT2D eigenvalue weighted by Crippen LogP contribution is 2.24. The molecule has 1 unspecified atom stereocenters. The molecule has 1 N–H and O–H groups in total. The first kappa shape index (κ1) is 15.8. The van der Waals surface area contributed by atoms with Crippen LogP contribution in [0.2, 0.25) is 0 Å². The lowest BCUT2D eigenvalue weighted by Crippen LogP contribution is -2.17. The Labute approximate surface area is 129 Å². The predicted molar refractivity (Wildman–Crippen MR) is 91.9 cm³/mol. The van der Waals surface area contributed by atoms with Crippen LogP contribution in [-0.2, 0) is 6.42 Å². The molecule has 0 saturated carbocycles. The van der Waals surface area contributed by atoms with Gasteiger partial charge in [-0.2, -0.15) is 0 Å². The fourth-order valence-corrected chi connectivity index (χ4v) is 2.73. The molecule has 0 fully saturated rings. The summed E-state index contributed by atoms with van der Waals surface area (Å²) >= 11 is 0. The van der Waals surface area contributed by atoms with E-state index in [1.807, 2.05) is 7.05 Å². The molecule has 112 valence electrons. The molecule has 0 aliphatic carbocycles. The van der Waals surface area contributed by atoms with Crippen molar-refractivity contribution in [3.63, 3.8) is 0 Å². The van der Waals surface area contributed by atoms with Gasteiger partial charge < -0.3 is 5.32 Å². The summed E-state index contributed by atoms with van der Waals surface area (Å²) in [5.74, 6) is 0. The van der Waals surface area contributed by atoms with Gasteiger partial charge in [-0.3, -0.25) is 0 Å². The van der Waals surface area contributed by atoms with Crippen LogP contribution in [0.15, 0.2) is 42.5 Å². The molecule has 2 aromatic carbocycles. The second-order valence-electron chi connectivity index (χ2n) is 5.91. The topological polar surface area (TPSA) is 12.0 Å². The van der Waals surface area contributed by atoms with Crippen LogP contribution < -0.4 is 5.32 Å². The number of hydrogen-bond acceptors (Lipinski definition) is 1. The number of rotatable bonds is 6. The van der Waals surface area contributed by atoms with Crippen molar-refractivity contribution >= 4 is 0 Å². The molecule has 1 nitrogen and oxygen atoms in total. The van der Waals surface area contributed by atoms with Crippen molar-refractivity contribution in [1.29, 1.82) is 0 Å². The third-order valence-electron chi connectivity index (χ3n) is 4.29. The Kier molecular flexibility index (Phi) is 5.58. The molecule has 2 rings (SSSR count). The average Bonchev–Trinajstić information content (AvgIpc) is 2.50. The van der Waals surface area contributed by atoms with Crippen molar-refractivity contribution in [1.82, 2.24) is 5.32 Å². The summed E-state index contributed by atoms with van der Waals surface area (Å²) in [4.78, 5) is 0. The van der Waals surface area contributed by atoms with E-state index in [4.69, 9.17) is 0 Å². The standard InChI is InChI=1S/C20H27N/c1-5-6-7-17-9-12-18(13-10-17)20(21-4)19-11-8-15(2)16(3)14-19/h8-14,20-21H,5-7H2,1-4H3. The normalized spacial score (nSPS) is 12.4. The number of hydrogen-bond donors (Lipinski definition) is 1. The fraction of sp³-hybridized carbons (Fsp3) is 0.400. The van der Waals surface area contributed by atoms with Gasteiger partial charge in [0.15, 0.2) is 0 Å². The fourth-order valence-electron chi connectivity index (χ4n) is 2.73. The quantitative estimate of drug-likeness (QED) is 0.789. The van der Waals surface area contributed by atoms with Crippen LogP contribution in [0.25, 0.3) is 0 Å². The van der Waals surface area contributed by atoms with Gasteiger partial charge in [0.05, 0.1) is 6.04 Å². The van der Waals surface area contributed by atoms with Gasteiger partial charge in [0.2, 0.25) is 0 Å². The Bertz CT molecular complexity index is 569. The van der Waals surface area contributed by atoms with Crippen molar-refractivity contribution in [2.75, 3.05) is 7.05 Å². The zero-order chi connectivity index (χ0) is 15.2. The smallest absolute Gasteiger partial charge is 0.0574 e. The van der Waals surface area contributed by atoms with Crippen molar-refractivity contribution in [2.24, 2.45) is 0 Å². The third kappa shape index (κ3) is 3.95. The second kappa shape index (κ2) is 7.42. The van der Waals surface area contributed by atoms with E-state index in [1.54, 1.807) is 0 Å². The maximum absolute atomic E-state index is 3.44. The van der Waals surface area contributed by atoms with E-state index in [0.717, 1.165) is 0 Å². The first-order valence-corrected chi connectivity index (χ1v) is 7.99. The van der Waals surface area contributed by atoms with Gasteiger partial charge in [-0.15, -0.1) is 0 Å². The van der Waals surface area contributed by atoms with E-state index in [0.29, 0.717) is 0 Å². The van der Waals surface area contributed by atoms with E-state index in [2.05, 4.69) is 68.6 Å². The van der Waals surface area contributed by atoms with Crippen molar-refractivity contribution in [2.45, 2.75) is 46.1 Å². The molecule has 1 atom stereocenters. The average molecular weight is 281 g/mol. The Hall–Kier alpha value is -1.60. The van der Waals surface area contributed by atoms with Gasteiger partial charge in [-0.05, 0) is 61.6 Å². The van der Waals surface area contributed by atoms with Crippen molar-refractivity contribution in [3.8, 4) is 0 Å². The molecule has 1 heteroatoms. The lowest BCUT2D eigenvalue weighted by atomic mass is 9.94. The summed E-state index contributed by atoms with van der Waals surface area (Å²) in [5, 5.41) is 3.44. The van der Waals surface area contributed by atoms with Crippen LogP contribution in [0.4, 0.5) is 0 Å². The zero-order valence-corrected chi connectivity index (χ0v) is 13.7. The van der Waals surface area contributed by atoms with Crippen LogP contribution in [0, 0.1) is 13.8 Å². The van der Waals surface area contributed by atoms with Crippen LogP contribution >= 0.6 is 0 Å². The predicted octanol–water partition coefficient (Wildman–Crippen LogP) is 4.95. The molecule has 0 radical (unpaired) electrons. The molecule has 2 aromatic rings. The Morgan fingerprint density at radius 3 is 2.14 bits per heavy atom. The van der Waals surface area contributed by atoms with Crippen LogP contribution in [0.3, 0.4) is 0 Å². The van der Waals surface area contributed by atoms with Gasteiger partial charge in [-0.25, -0.2) is 0 Å². The molecule has 0 aliphatic heterocycles. The van der Waals surface area contributed by atoms with Gasteiger partial charge in [0.1, 0.15) is 0 Å². The number of aryl methyl sites for hydroxylation is 3. The van der Waals surface area contributed by atoms with E-state index in [-0.39, 0.29) is 6.04 Å². The van der Waals surface area contributed by atoms with Crippen LogP contribution in [-0.4, -0.2) is 7.05 Å². The SMILES string of the molecule is CCCCc1ccc(C(NC)c2ccc(C)c(C)c2)cc1. The monoisotopic (exact) mass is 281 g/mol. The zero-order valence-electron chi connectivity index (χ0n) is 13.7. The Morgan fingerprint density at radius 2 is 1.57 bits per heavy atom. The molecule has 0 aliphatic rings. The van der Waals surface area contributed by atoms with E-state index in [9.17, 15) is 0 Å². The second-order valence-corrected chi connectivity index (χ2v) is 5.91. The minimum Gasteiger partial charge on any atom is -0.309 e. The number of unbranched alkanes of at least 4 members (excludes halogenated alkanes) is 1. The Morgan fingerprint density at radius 1 is 0.905 bits per heavy atom. The summed E-state index contributed by atoms with van der Waals surface area (Å²) in [5.41, 5.74) is 6.81. The van der Waals surface area contributed by atoms with E-state index >= 15 is 0 Å². The molecule has 0 saturated heterocycles. The largest absolute Gasteiger partial charge is 0.309 e. The maximum atomic E-state index is 3.44. The number of benzene rings is 2. The summed E-state index contributed by atoms with van der Waals surface area (Å²) in [6.07, 6.45) is 3.71. The van der Waals surface area contributed by atoms with E-state index in [1.165, 1.54) is 47.1 Å². The highest BCUT2D eigenvalue weighted by Gasteiger charge is 2.12. The van der Waals surface area contributed by atoms with Gasteiger partial charge in [-0.1, -0.05) is 55.8 Å². The highest BCUT2D eigenvalue weighted by atomic mass is 14.9. The van der Waals surface area contributed by atoms with E-state index < -0.39 is 0 Å². The first-order chi connectivity index (χ1) is 10.2. The summed E-state index contributed by atoms with van der Waals surface area (Å²) < 4.78 is 0. The molecular formula is C20H27N. The molecule has 0 amide bonds. The molecule has 0 heterocycles. The summed E-state index contributed by atoms with van der Waals surface area (Å²) in [6, 6.07) is 16.1. The first-order valence-electron chi connectivity index (χ1n) is 7.99. The van der Waals surface area contributed by atoms with Crippen molar-refractivity contribution in [3.05, 3.63) is 70.3 Å². The minimum atomic E-state index is 0.268. The van der Waals surface area contributed by atoms with Gasteiger partial charge >= 0.3 is 0 Å². The molecule has 21 heavy (non-hydrogen) atoms. The number of nitrogens with one attached hydrogen (secondary N) is 1. The molecule has 0 spiro atoms. The van der Waals surface area contributed by atoms with Gasteiger partial charge in [0, 0.05) is 0 Å². The minimum absolute atomic E-state index is 0.268. The van der Waals surface area contributed by atoms with Crippen LogP contribution in [0.5, 0.6) is 0 Å². The summed E-state index contributed by atoms with van der Waals surface area (Å²) in [7, 11) is 2.03. The lowest BCUT2D eigenvalue weighted by molar-refractivity contribution is 0.690.